The van der Waals surface area contributed by atoms with Crippen LogP contribution in [0.1, 0.15) is 41.4 Å². The van der Waals surface area contributed by atoms with Crippen LogP contribution in [0.15, 0.2) is 67.0 Å². The maximum absolute atomic E-state index is 13.2. The van der Waals surface area contributed by atoms with E-state index in [1.807, 2.05) is 59.5 Å². The molecule has 1 aliphatic heterocycles. The lowest BCUT2D eigenvalue weighted by Gasteiger charge is -2.35. The van der Waals surface area contributed by atoms with E-state index in [0.717, 1.165) is 42.8 Å². The third-order valence-electron chi connectivity index (χ3n) is 5.19. The number of piperidine rings is 1. The van der Waals surface area contributed by atoms with Crippen LogP contribution in [0.4, 0.5) is 0 Å². The number of ether oxygens (including phenoxy) is 1. The molecule has 1 atom stereocenters. The second kappa shape index (κ2) is 8.21. The van der Waals surface area contributed by atoms with E-state index in [-0.39, 0.29) is 11.9 Å². The Labute approximate surface area is 165 Å². The molecule has 0 saturated carbocycles. The molecule has 1 saturated heterocycles. The van der Waals surface area contributed by atoms with E-state index >= 15 is 0 Å². The van der Waals surface area contributed by atoms with Gasteiger partial charge in [0.25, 0.3) is 5.91 Å². The molecule has 1 aliphatic rings. The van der Waals surface area contributed by atoms with Gasteiger partial charge in [0.1, 0.15) is 11.4 Å². The molecular weight excluding hydrogens is 350 g/mol. The van der Waals surface area contributed by atoms with Gasteiger partial charge in [0.15, 0.2) is 0 Å². The molecule has 1 aromatic carbocycles. The number of carbonyl (C=O) groups is 1. The van der Waals surface area contributed by atoms with E-state index in [1.54, 1.807) is 19.5 Å². The number of methoxy groups -OCH3 is 1. The van der Waals surface area contributed by atoms with Crippen molar-refractivity contribution < 1.29 is 9.53 Å². The number of hydrogen-bond donors (Lipinski definition) is 0. The molecule has 0 bridgehead atoms. The summed E-state index contributed by atoms with van der Waals surface area (Å²) >= 11 is 0. The summed E-state index contributed by atoms with van der Waals surface area (Å²) < 4.78 is 5.39. The fraction of sp³-hybridized carbons (Fsp3) is 0.261. The van der Waals surface area contributed by atoms with Gasteiger partial charge in [-0.15, -0.1) is 0 Å². The first-order valence-corrected chi connectivity index (χ1v) is 9.59. The highest BCUT2D eigenvalue weighted by molar-refractivity contribution is 5.95. The monoisotopic (exact) mass is 373 g/mol. The molecular formula is C23H23N3O2. The Hall–Kier alpha value is -3.21. The Morgan fingerprint density at radius 1 is 1.00 bits per heavy atom. The van der Waals surface area contributed by atoms with Crippen LogP contribution in [0.25, 0.3) is 11.3 Å². The minimum Gasteiger partial charge on any atom is -0.494 e. The number of amides is 1. The summed E-state index contributed by atoms with van der Waals surface area (Å²) in [5, 5.41) is 0. The van der Waals surface area contributed by atoms with Crippen molar-refractivity contribution in [3.63, 3.8) is 0 Å². The minimum atomic E-state index is 0.0398. The van der Waals surface area contributed by atoms with Gasteiger partial charge in [-0.05, 0) is 55.7 Å². The summed E-state index contributed by atoms with van der Waals surface area (Å²) in [5.41, 5.74) is 3.34. The molecule has 2 aromatic heterocycles. The van der Waals surface area contributed by atoms with E-state index < -0.39 is 0 Å². The molecule has 3 heterocycles. The fourth-order valence-electron chi connectivity index (χ4n) is 3.76. The van der Waals surface area contributed by atoms with E-state index in [2.05, 4.69) is 9.97 Å². The average molecular weight is 373 g/mol. The van der Waals surface area contributed by atoms with Crippen LogP contribution in [0, 0.1) is 0 Å². The maximum Gasteiger partial charge on any atom is 0.254 e. The normalized spacial score (nSPS) is 16.6. The largest absolute Gasteiger partial charge is 0.494 e. The third-order valence-corrected chi connectivity index (χ3v) is 5.19. The number of carbonyl (C=O) groups excluding carboxylic acids is 1. The second-order valence-corrected chi connectivity index (χ2v) is 6.90. The van der Waals surface area contributed by atoms with Crippen LogP contribution >= 0.6 is 0 Å². The number of hydrogen-bond acceptors (Lipinski definition) is 4. The molecule has 0 unspecified atom stereocenters. The highest BCUT2D eigenvalue weighted by atomic mass is 16.5. The van der Waals surface area contributed by atoms with Crippen LogP contribution in [0.2, 0.25) is 0 Å². The topological polar surface area (TPSA) is 55.3 Å². The van der Waals surface area contributed by atoms with Crippen LogP contribution < -0.4 is 4.74 Å². The van der Waals surface area contributed by atoms with Gasteiger partial charge in [-0.2, -0.15) is 0 Å². The third kappa shape index (κ3) is 3.60. The van der Waals surface area contributed by atoms with Crippen molar-refractivity contribution in [1.82, 2.24) is 14.9 Å². The van der Waals surface area contributed by atoms with Crippen molar-refractivity contribution in [3.05, 3.63) is 78.2 Å². The number of pyridine rings is 2. The Balaban J connectivity index is 1.59. The minimum absolute atomic E-state index is 0.0398. The standard InChI is InChI=1S/C23H23N3O2/c1-28-21-9-6-15-25-22(21)17-10-12-18(13-11-17)23(27)26-16-5-3-8-20(26)19-7-2-4-14-24-19/h2,4,6-7,9-15,20H,3,5,8,16H2,1H3/t20-/m1/s1. The van der Waals surface area contributed by atoms with Gasteiger partial charge >= 0.3 is 0 Å². The summed E-state index contributed by atoms with van der Waals surface area (Å²) in [6.45, 7) is 0.760. The van der Waals surface area contributed by atoms with Gasteiger partial charge < -0.3 is 9.64 Å². The first-order chi connectivity index (χ1) is 13.8. The van der Waals surface area contributed by atoms with E-state index in [4.69, 9.17) is 4.74 Å². The summed E-state index contributed by atoms with van der Waals surface area (Å²) in [6, 6.07) is 17.3. The molecule has 1 fully saturated rings. The zero-order chi connectivity index (χ0) is 19.3. The number of nitrogens with zero attached hydrogens (tertiary/aromatic N) is 3. The van der Waals surface area contributed by atoms with Crippen molar-refractivity contribution in [3.8, 4) is 17.0 Å². The van der Waals surface area contributed by atoms with E-state index in [1.165, 1.54) is 0 Å². The van der Waals surface area contributed by atoms with Gasteiger partial charge in [0, 0.05) is 30.1 Å². The maximum atomic E-state index is 13.2. The summed E-state index contributed by atoms with van der Waals surface area (Å²) in [5.74, 6) is 0.766. The number of likely N-dealkylation sites (tertiary alicyclic amines) is 1. The molecule has 1 amide bonds. The molecule has 3 aromatic rings. The molecule has 0 N–H and O–H groups in total. The quantitative estimate of drug-likeness (QED) is 0.675. The van der Waals surface area contributed by atoms with Gasteiger partial charge in [0.05, 0.1) is 18.8 Å². The van der Waals surface area contributed by atoms with Crippen LogP contribution in [0.5, 0.6) is 5.75 Å². The molecule has 5 heteroatoms. The smallest absolute Gasteiger partial charge is 0.254 e. The predicted molar refractivity (Wildman–Crippen MR) is 108 cm³/mol. The number of benzene rings is 1. The van der Waals surface area contributed by atoms with Crippen LogP contribution in [-0.4, -0.2) is 34.4 Å². The Morgan fingerprint density at radius 3 is 2.57 bits per heavy atom. The molecule has 0 spiro atoms. The summed E-state index contributed by atoms with van der Waals surface area (Å²) in [6.07, 6.45) is 6.62. The molecule has 0 aliphatic carbocycles. The average Bonchev–Trinajstić information content (AvgIpc) is 2.79. The Kier molecular flexibility index (Phi) is 5.33. The van der Waals surface area contributed by atoms with Crippen LogP contribution in [0.3, 0.4) is 0 Å². The lowest BCUT2D eigenvalue weighted by molar-refractivity contribution is 0.0606. The highest BCUT2D eigenvalue weighted by Crippen LogP contribution is 2.32. The summed E-state index contributed by atoms with van der Waals surface area (Å²) in [7, 11) is 1.63. The van der Waals surface area contributed by atoms with Gasteiger partial charge in [-0.25, -0.2) is 0 Å². The number of rotatable bonds is 4. The number of aromatic nitrogens is 2. The second-order valence-electron chi connectivity index (χ2n) is 6.90. The molecule has 0 radical (unpaired) electrons. The van der Waals surface area contributed by atoms with Gasteiger partial charge in [-0.3, -0.25) is 14.8 Å². The molecule has 5 nitrogen and oxygen atoms in total. The zero-order valence-corrected chi connectivity index (χ0v) is 15.9. The Bertz CT molecular complexity index is 942. The van der Waals surface area contributed by atoms with Crippen LogP contribution in [-0.2, 0) is 0 Å². The van der Waals surface area contributed by atoms with Crippen molar-refractivity contribution in [2.75, 3.05) is 13.7 Å². The fourth-order valence-corrected chi connectivity index (χ4v) is 3.76. The van der Waals surface area contributed by atoms with E-state index in [9.17, 15) is 4.79 Å². The lowest BCUT2D eigenvalue weighted by atomic mass is 9.97. The van der Waals surface area contributed by atoms with Gasteiger partial charge in [0.2, 0.25) is 0 Å². The van der Waals surface area contributed by atoms with E-state index in [0.29, 0.717) is 11.3 Å². The highest BCUT2D eigenvalue weighted by Gasteiger charge is 2.29. The van der Waals surface area contributed by atoms with Gasteiger partial charge in [-0.1, -0.05) is 18.2 Å². The molecule has 4 rings (SSSR count). The molecule has 28 heavy (non-hydrogen) atoms. The van der Waals surface area contributed by atoms with Crippen molar-refractivity contribution in [1.29, 1.82) is 0 Å². The summed E-state index contributed by atoms with van der Waals surface area (Å²) in [4.78, 5) is 24.1. The zero-order valence-electron chi connectivity index (χ0n) is 15.9. The first kappa shape index (κ1) is 18.2. The van der Waals surface area contributed by atoms with Crippen molar-refractivity contribution in [2.24, 2.45) is 0 Å². The predicted octanol–water partition coefficient (Wildman–Crippen LogP) is 4.52. The van der Waals surface area contributed by atoms with Crippen molar-refractivity contribution >= 4 is 5.91 Å². The first-order valence-electron chi connectivity index (χ1n) is 9.59. The van der Waals surface area contributed by atoms with Crippen molar-refractivity contribution in [2.45, 2.75) is 25.3 Å². The SMILES string of the molecule is COc1cccnc1-c1ccc(C(=O)N2CCCC[C@@H]2c2ccccn2)cc1. The molecule has 142 valence electrons. The lowest BCUT2D eigenvalue weighted by Crippen LogP contribution is -2.38. The Morgan fingerprint density at radius 2 is 1.82 bits per heavy atom.